The van der Waals surface area contributed by atoms with E-state index in [9.17, 15) is 4.79 Å². The lowest BCUT2D eigenvalue weighted by atomic mass is 10.1. The number of carbonyl (C=O) groups excluding carboxylic acids is 1. The number of thioether (sulfide) groups is 2. The van der Waals surface area contributed by atoms with Gasteiger partial charge in [-0.05, 0) is 25.4 Å². The van der Waals surface area contributed by atoms with Crippen molar-refractivity contribution >= 4 is 29.3 Å². The van der Waals surface area contributed by atoms with Gasteiger partial charge < -0.3 is 0 Å². The number of rotatable bonds is 6. The lowest BCUT2D eigenvalue weighted by molar-refractivity contribution is -0.114. The second-order valence-electron chi connectivity index (χ2n) is 3.49. The van der Waals surface area contributed by atoms with Crippen molar-refractivity contribution in [3.05, 3.63) is 0 Å². The Labute approximate surface area is 84.1 Å². The molecule has 0 atom stereocenters. The Kier molecular flexibility index (Phi) is 6.10. The largest absolute Gasteiger partial charge is 0.299 e. The first-order chi connectivity index (χ1) is 5.48. The second kappa shape index (κ2) is 5.92. The van der Waals surface area contributed by atoms with Crippen LogP contribution < -0.4 is 0 Å². The Morgan fingerprint density at radius 1 is 1.42 bits per heavy atom. The van der Waals surface area contributed by atoms with Crippen LogP contribution in [-0.4, -0.2) is 28.3 Å². The molecule has 0 aliphatic carbocycles. The van der Waals surface area contributed by atoms with Gasteiger partial charge in [0.25, 0.3) is 0 Å². The first-order valence-corrected chi connectivity index (χ1v) is 6.48. The van der Waals surface area contributed by atoms with Crippen LogP contribution >= 0.6 is 23.5 Å². The van der Waals surface area contributed by atoms with Crippen molar-refractivity contribution in [1.29, 1.82) is 0 Å². The van der Waals surface area contributed by atoms with E-state index in [0.717, 1.165) is 0 Å². The minimum atomic E-state index is 0.259. The molecule has 0 aliphatic heterocycles. The van der Waals surface area contributed by atoms with E-state index in [2.05, 4.69) is 20.1 Å². The highest BCUT2D eigenvalue weighted by molar-refractivity contribution is 8.01. The Balaban J connectivity index is 3.63. The fourth-order valence-electron chi connectivity index (χ4n) is 0.717. The fourth-order valence-corrected chi connectivity index (χ4v) is 2.40. The van der Waals surface area contributed by atoms with Crippen molar-refractivity contribution in [2.45, 2.75) is 31.9 Å². The van der Waals surface area contributed by atoms with Gasteiger partial charge in [0.05, 0.1) is 5.75 Å². The SMILES string of the molecule is CSCCC(C)(C)SCC(C)=O. The summed E-state index contributed by atoms with van der Waals surface area (Å²) in [5, 5.41) is 0. The molecule has 0 radical (unpaired) electrons. The molecule has 1 nitrogen and oxygen atoms in total. The molecule has 0 unspecified atom stereocenters. The van der Waals surface area contributed by atoms with E-state index in [1.165, 1.54) is 12.2 Å². The van der Waals surface area contributed by atoms with E-state index < -0.39 is 0 Å². The Morgan fingerprint density at radius 3 is 2.42 bits per heavy atom. The van der Waals surface area contributed by atoms with Crippen molar-refractivity contribution < 1.29 is 4.79 Å². The summed E-state index contributed by atoms with van der Waals surface area (Å²) in [5.41, 5.74) is 0. The minimum absolute atomic E-state index is 0.259. The maximum absolute atomic E-state index is 10.7. The highest BCUT2D eigenvalue weighted by Gasteiger charge is 2.17. The monoisotopic (exact) mass is 206 g/mol. The van der Waals surface area contributed by atoms with Crippen LogP contribution in [0.15, 0.2) is 0 Å². The van der Waals surface area contributed by atoms with Gasteiger partial charge in [-0.1, -0.05) is 13.8 Å². The van der Waals surface area contributed by atoms with Gasteiger partial charge in [-0.15, -0.1) is 11.8 Å². The standard InChI is InChI=1S/C9H18OS2/c1-8(10)7-12-9(2,3)5-6-11-4/h5-7H2,1-4H3. The van der Waals surface area contributed by atoms with Gasteiger partial charge in [0.1, 0.15) is 5.78 Å². The number of carbonyl (C=O) groups is 1. The molecule has 0 aliphatic rings. The van der Waals surface area contributed by atoms with Crippen LogP contribution in [0.5, 0.6) is 0 Å². The second-order valence-corrected chi connectivity index (χ2v) is 6.16. The summed E-state index contributed by atoms with van der Waals surface area (Å²) in [4.78, 5) is 10.7. The van der Waals surface area contributed by atoms with Crippen molar-refractivity contribution in [3.63, 3.8) is 0 Å². The molecule has 12 heavy (non-hydrogen) atoms. The van der Waals surface area contributed by atoms with Crippen LogP contribution in [0.3, 0.4) is 0 Å². The molecule has 0 heterocycles. The van der Waals surface area contributed by atoms with Crippen molar-refractivity contribution in [1.82, 2.24) is 0 Å². The van der Waals surface area contributed by atoms with Crippen LogP contribution in [0.4, 0.5) is 0 Å². The van der Waals surface area contributed by atoms with Crippen LogP contribution in [0.2, 0.25) is 0 Å². The summed E-state index contributed by atoms with van der Waals surface area (Å²) in [6, 6.07) is 0. The van der Waals surface area contributed by atoms with Gasteiger partial charge in [-0.2, -0.15) is 11.8 Å². The Bertz CT molecular complexity index is 143. The average Bonchev–Trinajstić information content (AvgIpc) is 1.98. The normalized spacial score (nSPS) is 11.7. The first kappa shape index (κ1) is 12.4. The van der Waals surface area contributed by atoms with Crippen molar-refractivity contribution in [2.75, 3.05) is 17.8 Å². The Hall–Kier alpha value is 0.370. The topological polar surface area (TPSA) is 17.1 Å². The molecule has 3 heteroatoms. The van der Waals surface area contributed by atoms with Crippen LogP contribution in [0.25, 0.3) is 0 Å². The molecule has 0 aromatic carbocycles. The van der Waals surface area contributed by atoms with Gasteiger partial charge in [0.2, 0.25) is 0 Å². The summed E-state index contributed by atoms with van der Waals surface area (Å²) >= 11 is 3.63. The molecule has 0 rings (SSSR count). The molecule has 0 saturated heterocycles. The lowest BCUT2D eigenvalue weighted by Crippen LogP contribution is -2.18. The minimum Gasteiger partial charge on any atom is -0.299 e. The molecule has 0 fully saturated rings. The number of hydrogen-bond donors (Lipinski definition) is 0. The van der Waals surface area contributed by atoms with Crippen molar-refractivity contribution in [3.8, 4) is 0 Å². The zero-order chi connectivity index (χ0) is 9.61. The summed E-state index contributed by atoms with van der Waals surface area (Å²) < 4.78 is 0.259. The maximum Gasteiger partial charge on any atom is 0.139 e. The number of ketones is 1. The summed E-state index contributed by atoms with van der Waals surface area (Å²) in [6.07, 6.45) is 3.29. The molecular formula is C9H18OS2. The molecular weight excluding hydrogens is 188 g/mol. The van der Waals surface area contributed by atoms with Crippen LogP contribution in [0, 0.1) is 0 Å². The zero-order valence-electron chi connectivity index (χ0n) is 8.35. The lowest BCUT2D eigenvalue weighted by Gasteiger charge is -2.22. The van der Waals surface area contributed by atoms with Gasteiger partial charge in [-0.25, -0.2) is 0 Å². The number of hydrogen-bond acceptors (Lipinski definition) is 3. The molecule has 0 aromatic rings. The molecule has 72 valence electrons. The first-order valence-electron chi connectivity index (χ1n) is 4.10. The fraction of sp³-hybridized carbons (Fsp3) is 0.889. The molecule has 0 N–H and O–H groups in total. The smallest absolute Gasteiger partial charge is 0.139 e. The third-order valence-electron chi connectivity index (χ3n) is 1.57. The van der Waals surface area contributed by atoms with E-state index in [1.54, 1.807) is 18.7 Å². The van der Waals surface area contributed by atoms with E-state index in [1.807, 2.05) is 11.8 Å². The summed E-state index contributed by atoms with van der Waals surface area (Å²) in [7, 11) is 0. The van der Waals surface area contributed by atoms with E-state index in [0.29, 0.717) is 5.75 Å². The Morgan fingerprint density at radius 2 is 2.00 bits per heavy atom. The van der Waals surface area contributed by atoms with Gasteiger partial charge >= 0.3 is 0 Å². The van der Waals surface area contributed by atoms with E-state index in [4.69, 9.17) is 0 Å². The number of Topliss-reactive ketones (excluding diaryl/α,β-unsaturated/α-hetero) is 1. The molecule has 0 bridgehead atoms. The van der Waals surface area contributed by atoms with E-state index >= 15 is 0 Å². The third kappa shape index (κ3) is 7.04. The average molecular weight is 206 g/mol. The van der Waals surface area contributed by atoms with Gasteiger partial charge in [-0.3, -0.25) is 4.79 Å². The zero-order valence-corrected chi connectivity index (χ0v) is 9.98. The van der Waals surface area contributed by atoms with E-state index in [-0.39, 0.29) is 10.5 Å². The van der Waals surface area contributed by atoms with Crippen molar-refractivity contribution in [2.24, 2.45) is 0 Å². The highest BCUT2D eigenvalue weighted by atomic mass is 32.2. The molecule has 0 spiro atoms. The molecule has 0 amide bonds. The predicted molar refractivity (Wildman–Crippen MR) is 60.2 cm³/mol. The summed E-state index contributed by atoms with van der Waals surface area (Å²) in [5.74, 6) is 2.11. The molecule has 0 aromatic heterocycles. The highest BCUT2D eigenvalue weighted by Crippen LogP contribution is 2.28. The van der Waals surface area contributed by atoms with Gasteiger partial charge in [0.15, 0.2) is 0 Å². The molecule has 0 saturated carbocycles. The predicted octanol–water partition coefficient (Wildman–Crippen LogP) is 2.84. The maximum atomic E-state index is 10.7. The van der Waals surface area contributed by atoms with Gasteiger partial charge in [0, 0.05) is 4.75 Å². The van der Waals surface area contributed by atoms with Crippen LogP contribution in [0.1, 0.15) is 27.2 Å². The quantitative estimate of drug-likeness (QED) is 0.665. The summed E-state index contributed by atoms with van der Waals surface area (Å²) in [6.45, 7) is 6.06. The third-order valence-corrected chi connectivity index (χ3v) is 3.72. The van der Waals surface area contributed by atoms with Crippen LogP contribution in [-0.2, 0) is 4.79 Å².